The van der Waals surface area contributed by atoms with E-state index >= 15 is 0 Å². The van der Waals surface area contributed by atoms with Crippen molar-refractivity contribution in [3.8, 4) is 5.69 Å². The number of carboxylic acids is 1. The minimum Gasteiger partial charge on any atom is -0.478 e. The molecule has 8 heteroatoms. The van der Waals surface area contributed by atoms with Crippen molar-refractivity contribution in [3.63, 3.8) is 0 Å². The molecule has 0 aliphatic heterocycles. The highest BCUT2D eigenvalue weighted by molar-refractivity contribution is 5.93. The zero-order valence-electron chi connectivity index (χ0n) is 17.8. The Morgan fingerprint density at radius 3 is 2.61 bits per heavy atom. The molecule has 5 rings (SSSR count). The molecule has 1 N–H and O–H groups in total. The van der Waals surface area contributed by atoms with Crippen LogP contribution in [0, 0.1) is 10.1 Å². The average molecular weight is 440 g/mol. The van der Waals surface area contributed by atoms with Crippen molar-refractivity contribution in [2.45, 2.75) is 19.9 Å². The van der Waals surface area contributed by atoms with Gasteiger partial charge in [0, 0.05) is 36.7 Å². The predicted octanol–water partition coefficient (Wildman–Crippen LogP) is 5.20. The normalized spacial score (nSPS) is 11.3. The molecular weight excluding hydrogens is 420 g/mol. The molecule has 33 heavy (non-hydrogen) atoms. The van der Waals surface area contributed by atoms with Crippen molar-refractivity contribution in [1.82, 2.24) is 14.1 Å². The van der Waals surface area contributed by atoms with Crippen molar-refractivity contribution >= 4 is 33.6 Å². The van der Waals surface area contributed by atoms with Gasteiger partial charge in [-0.25, -0.2) is 9.78 Å². The maximum absolute atomic E-state index is 11.7. The highest BCUT2D eigenvalue weighted by atomic mass is 16.6. The Kier molecular flexibility index (Phi) is 4.90. The molecule has 164 valence electrons. The lowest BCUT2D eigenvalue weighted by Gasteiger charge is -2.11. The fourth-order valence-corrected chi connectivity index (χ4v) is 4.28. The summed E-state index contributed by atoms with van der Waals surface area (Å²) in [6.07, 6.45) is 2.58. The van der Waals surface area contributed by atoms with Gasteiger partial charge in [0.2, 0.25) is 0 Å². The van der Waals surface area contributed by atoms with Crippen LogP contribution >= 0.6 is 0 Å². The number of hydrogen-bond acceptors (Lipinski definition) is 4. The van der Waals surface area contributed by atoms with Gasteiger partial charge in [-0.15, -0.1) is 0 Å². The maximum atomic E-state index is 11.7. The Labute approximate surface area is 188 Å². The van der Waals surface area contributed by atoms with Crippen LogP contribution in [0.4, 0.5) is 5.69 Å². The predicted molar refractivity (Wildman–Crippen MR) is 125 cm³/mol. The van der Waals surface area contributed by atoms with Crippen molar-refractivity contribution in [3.05, 3.63) is 100.0 Å². The minimum atomic E-state index is -0.969. The average Bonchev–Trinajstić information content (AvgIpc) is 3.39. The number of nitro benzene ring substituents is 1. The number of nitrogens with zero attached hydrogens (tertiary/aromatic N) is 4. The summed E-state index contributed by atoms with van der Waals surface area (Å²) in [5.74, 6) is -0.109. The monoisotopic (exact) mass is 440 g/mol. The zero-order valence-corrected chi connectivity index (χ0v) is 17.8. The SMILES string of the molecule is CCc1nc2cc([N+](=O)[O-])ccc2n1Cc1ccc2c(ccn2-c2ccccc2C(=O)O)c1. The van der Waals surface area contributed by atoms with Gasteiger partial charge in [0.15, 0.2) is 0 Å². The number of nitro groups is 1. The number of hydrogen-bond donors (Lipinski definition) is 1. The van der Waals surface area contributed by atoms with E-state index in [4.69, 9.17) is 0 Å². The number of fused-ring (bicyclic) bond motifs is 2. The molecule has 5 aromatic rings. The van der Waals surface area contributed by atoms with Crippen molar-refractivity contribution in [1.29, 1.82) is 0 Å². The first-order valence-electron chi connectivity index (χ1n) is 10.5. The molecule has 0 spiro atoms. The summed E-state index contributed by atoms with van der Waals surface area (Å²) in [6.45, 7) is 2.58. The van der Waals surface area contributed by atoms with Crippen LogP contribution in [0.2, 0.25) is 0 Å². The number of aromatic carboxylic acids is 1. The minimum absolute atomic E-state index is 0.0270. The van der Waals surface area contributed by atoms with Crippen LogP contribution in [0.5, 0.6) is 0 Å². The summed E-state index contributed by atoms with van der Waals surface area (Å²) >= 11 is 0. The molecule has 2 heterocycles. The second-order valence-electron chi connectivity index (χ2n) is 7.80. The molecule has 0 unspecified atom stereocenters. The third-order valence-corrected chi connectivity index (χ3v) is 5.83. The van der Waals surface area contributed by atoms with Crippen LogP contribution in [0.25, 0.3) is 27.6 Å². The van der Waals surface area contributed by atoms with Crippen molar-refractivity contribution in [2.75, 3.05) is 0 Å². The van der Waals surface area contributed by atoms with E-state index in [1.165, 1.54) is 12.1 Å². The molecular formula is C25H20N4O4. The molecule has 0 radical (unpaired) electrons. The number of rotatable bonds is 6. The van der Waals surface area contributed by atoms with Gasteiger partial charge in [-0.3, -0.25) is 10.1 Å². The first-order chi connectivity index (χ1) is 16.0. The van der Waals surface area contributed by atoms with Crippen LogP contribution in [0.3, 0.4) is 0 Å². The van der Waals surface area contributed by atoms with E-state index in [9.17, 15) is 20.0 Å². The number of imidazole rings is 1. The standard InChI is InChI=1S/C25H20N4O4/c1-2-24-26-20-14-18(29(32)33)8-10-23(20)28(24)15-16-7-9-21-17(13-16)11-12-27(21)22-6-4-3-5-19(22)25(30)31/h3-14H,2,15H2,1H3,(H,30,31). The maximum Gasteiger partial charge on any atom is 0.337 e. The van der Waals surface area contributed by atoms with Gasteiger partial charge in [0.25, 0.3) is 5.69 Å². The van der Waals surface area contributed by atoms with Crippen LogP contribution in [0.15, 0.2) is 72.9 Å². The van der Waals surface area contributed by atoms with Gasteiger partial charge in [0.1, 0.15) is 5.82 Å². The fourth-order valence-electron chi connectivity index (χ4n) is 4.28. The number of carbonyl (C=O) groups is 1. The van der Waals surface area contributed by atoms with Gasteiger partial charge in [-0.1, -0.05) is 25.1 Å². The largest absolute Gasteiger partial charge is 0.478 e. The van der Waals surface area contributed by atoms with E-state index < -0.39 is 10.9 Å². The van der Waals surface area contributed by atoms with E-state index in [0.29, 0.717) is 24.2 Å². The quantitative estimate of drug-likeness (QED) is 0.289. The van der Waals surface area contributed by atoms with Crippen LogP contribution < -0.4 is 0 Å². The molecule has 0 fully saturated rings. The molecule has 0 saturated heterocycles. The molecule has 0 amide bonds. The van der Waals surface area contributed by atoms with E-state index in [1.54, 1.807) is 24.3 Å². The second-order valence-corrected chi connectivity index (χ2v) is 7.80. The van der Waals surface area contributed by atoms with E-state index in [1.807, 2.05) is 42.0 Å². The highest BCUT2D eigenvalue weighted by Crippen LogP contribution is 2.27. The molecule has 8 nitrogen and oxygen atoms in total. The Bertz CT molecular complexity index is 1550. The van der Waals surface area contributed by atoms with Crippen LogP contribution in [-0.2, 0) is 13.0 Å². The lowest BCUT2D eigenvalue weighted by Crippen LogP contribution is -2.05. The first kappa shape index (κ1) is 20.4. The second kappa shape index (κ2) is 7.90. The third-order valence-electron chi connectivity index (χ3n) is 5.83. The third kappa shape index (κ3) is 3.51. The summed E-state index contributed by atoms with van der Waals surface area (Å²) in [6, 6.07) is 19.7. The van der Waals surface area contributed by atoms with E-state index in [0.717, 1.165) is 27.8 Å². The summed E-state index contributed by atoms with van der Waals surface area (Å²) in [5, 5.41) is 21.7. The Morgan fingerprint density at radius 1 is 1.06 bits per heavy atom. The van der Waals surface area contributed by atoms with E-state index in [2.05, 4.69) is 15.6 Å². The number of para-hydroxylation sites is 1. The number of benzene rings is 3. The fraction of sp³-hybridized carbons (Fsp3) is 0.120. The Hall–Kier alpha value is -4.46. The Morgan fingerprint density at radius 2 is 1.85 bits per heavy atom. The molecule has 0 bridgehead atoms. The number of carboxylic acid groups (broad SMARTS) is 1. The van der Waals surface area contributed by atoms with Gasteiger partial charge < -0.3 is 14.2 Å². The lowest BCUT2D eigenvalue weighted by atomic mass is 10.1. The van der Waals surface area contributed by atoms with Gasteiger partial charge in [-0.05, 0) is 42.0 Å². The van der Waals surface area contributed by atoms with Crippen molar-refractivity contribution in [2.24, 2.45) is 0 Å². The lowest BCUT2D eigenvalue weighted by molar-refractivity contribution is -0.384. The number of non-ortho nitro benzene ring substituents is 1. The molecule has 3 aromatic carbocycles. The summed E-state index contributed by atoms with van der Waals surface area (Å²) < 4.78 is 3.96. The molecule has 0 aliphatic carbocycles. The van der Waals surface area contributed by atoms with E-state index in [-0.39, 0.29) is 11.3 Å². The Balaban J connectivity index is 1.55. The number of aromatic nitrogens is 3. The smallest absolute Gasteiger partial charge is 0.337 e. The zero-order chi connectivity index (χ0) is 23.1. The van der Waals surface area contributed by atoms with Gasteiger partial charge >= 0.3 is 5.97 Å². The first-order valence-corrected chi connectivity index (χ1v) is 10.5. The van der Waals surface area contributed by atoms with Gasteiger partial charge in [-0.2, -0.15) is 0 Å². The summed E-state index contributed by atoms with van der Waals surface area (Å²) in [4.78, 5) is 27.0. The number of aryl methyl sites for hydroxylation is 1. The van der Waals surface area contributed by atoms with Crippen LogP contribution in [-0.4, -0.2) is 30.1 Å². The molecule has 2 aromatic heterocycles. The summed E-state index contributed by atoms with van der Waals surface area (Å²) in [7, 11) is 0. The molecule has 0 saturated carbocycles. The molecule has 0 atom stereocenters. The van der Waals surface area contributed by atoms with Crippen molar-refractivity contribution < 1.29 is 14.8 Å². The topological polar surface area (TPSA) is 103 Å². The summed E-state index contributed by atoms with van der Waals surface area (Å²) in [5.41, 5.74) is 4.31. The van der Waals surface area contributed by atoms with Gasteiger partial charge in [0.05, 0.1) is 32.7 Å². The highest BCUT2D eigenvalue weighted by Gasteiger charge is 2.16. The molecule has 0 aliphatic rings. The van der Waals surface area contributed by atoms with Crippen LogP contribution in [0.1, 0.15) is 28.7 Å².